The lowest BCUT2D eigenvalue weighted by molar-refractivity contribution is -0.123. The fourth-order valence-electron chi connectivity index (χ4n) is 3.34. The predicted molar refractivity (Wildman–Crippen MR) is 76.4 cm³/mol. The Hall–Kier alpha value is -1.57. The summed E-state index contributed by atoms with van der Waals surface area (Å²) >= 11 is 0. The number of hydrogen-bond donors (Lipinski definition) is 1. The summed E-state index contributed by atoms with van der Waals surface area (Å²) in [6, 6.07) is 10.1. The van der Waals surface area contributed by atoms with E-state index in [1.165, 1.54) is 18.4 Å². The number of nitrogens with one attached hydrogen (secondary N) is 1. The first kappa shape index (κ1) is 12.5. The van der Waals surface area contributed by atoms with Crippen LogP contribution in [0.2, 0.25) is 0 Å². The van der Waals surface area contributed by atoms with Gasteiger partial charge in [0, 0.05) is 12.5 Å². The van der Waals surface area contributed by atoms with Crippen LogP contribution >= 0.6 is 0 Å². The number of benzene rings is 1. The Morgan fingerprint density at radius 2 is 1.68 bits per heavy atom. The number of allylic oxidation sites excluding steroid dienone is 2. The van der Waals surface area contributed by atoms with Crippen molar-refractivity contribution in [3.05, 3.63) is 48.0 Å². The van der Waals surface area contributed by atoms with Crippen LogP contribution in [0.4, 0.5) is 0 Å². The van der Waals surface area contributed by atoms with Crippen molar-refractivity contribution < 1.29 is 4.79 Å². The second-order valence-electron chi connectivity index (χ2n) is 5.68. The molecule has 1 aromatic carbocycles. The molecule has 3 atom stereocenters. The van der Waals surface area contributed by atoms with Crippen LogP contribution in [0.3, 0.4) is 0 Å². The first-order chi connectivity index (χ1) is 9.36. The van der Waals surface area contributed by atoms with Crippen molar-refractivity contribution in [2.24, 2.45) is 17.8 Å². The van der Waals surface area contributed by atoms with E-state index in [0.29, 0.717) is 18.4 Å². The van der Waals surface area contributed by atoms with Gasteiger partial charge in [0.25, 0.3) is 0 Å². The fraction of sp³-hybridized carbons (Fsp3) is 0.471. The third kappa shape index (κ3) is 2.89. The first-order valence-corrected chi connectivity index (χ1v) is 7.33. The lowest BCUT2D eigenvalue weighted by Crippen LogP contribution is -2.25. The molecular weight excluding hydrogens is 234 g/mol. The minimum Gasteiger partial charge on any atom is -0.352 e. The molecule has 0 heterocycles. The minimum atomic E-state index is 0.265. The molecule has 0 saturated heterocycles. The zero-order valence-electron chi connectivity index (χ0n) is 11.2. The fourth-order valence-corrected chi connectivity index (χ4v) is 3.34. The summed E-state index contributed by atoms with van der Waals surface area (Å²) in [5, 5.41) is 3.10. The van der Waals surface area contributed by atoms with Gasteiger partial charge < -0.3 is 5.32 Å². The van der Waals surface area contributed by atoms with E-state index in [4.69, 9.17) is 0 Å². The molecule has 0 spiro atoms. The van der Waals surface area contributed by atoms with Crippen molar-refractivity contribution in [2.75, 3.05) is 0 Å². The summed E-state index contributed by atoms with van der Waals surface area (Å²) in [5.74, 6) is 1.82. The molecule has 3 rings (SSSR count). The highest BCUT2D eigenvalue weighted by atomic mass is 16.2. The molecule has 1 unspecified atom stereocenters. The maximum Gasteiger partial charge on any atom is 0.223 e. The van der Waals surface area contributed by atoms with E-state index in [0.717, 1.165) is 12.8 Å². The lowest BCUT2D eigenvalue weighted by Gasteiger charge is -2.04. The Labute approximate surface area is 114 Å². The van der Waals surface area contributed by atoms with Gasteiger partial charge in [-0.3, -0.25) is 4.79 Å². The van der Waals surface area contributed by atoms with Gasteiger partial charge in [-0.05, 0) is 43.1 Å². The van der Waals surface area contributed by atoms with Gasteiger partial charge in [-0.1, -0.05) is 42.5 Å². The van der Waals surface area contributed by atoms with E-state index >= 15 is 0 Å². The summed E-state index contributed by atoms with van der Waals surface area (Å²) in [5.41, 5.74) is 1.18. The van der Waals surface area contributed by atoms with Gasteiger partial charge in [0.1, 0.15) is 0 Å². The van der Waals surface area contributed by atoms with Crippen LogP contribution in [-0.2, 0) is 11.3 Å². The molecule has 0 radical (unpaired) electrons. The third-order valence-electron chi connectivity index (χ3n) is 4.44. The standard InChI is InChI=1S/C17H21NO/c19-17(18-12-13-8-4-3-5-9-13)16-14-10-6-1-2-7-11-15(14)16/h1-5,8-9,14-16H,6-7,10-12H2,(H,18,19)/b2-1-/t14-,15+,16?. The molecule has 2 aliphatic rings. The minimum absolute atomic E-state index is 0.265. The van der Waals surface area contributed by atoms with Crippen molar-refractivity contribution in [3.8, 4) is 0 Å². The molecule has 0 bridgehead atoms. The van der Waals surface area contributed by atoms with E-state index in [1.54, 1.807) is 0 Å². The van der Waals surface area contributed by atoms with Crippen LogP contribution in [-0.4, -0.2) is 5.91 Å². The first-order valence-electron chi connectivity index (χ1n) is 7.33. The molecule has 19 heavy (non-hydrogen) atoms. The molecule has 1 amide bonds. The normalized spacial score (nSPS) is 30.6. The zero-order chi connectivity index (χ0) is 13.1. The van der Waals surface area contributed by atoms with Crippen molar-refractivity contribution in [1.82, 2.24) is 5.32 Å². The van der Waals surface area contributed by atoms with Crippen LogP contribution in [0.1, 0.15) is 31.2 Å². The molecule has 2 heteroatoms. The highest BCUT2D eigenvalue weighted by molar-refractivity contribution is 5.82. The second kappa shape index (κ2) is 5.60. The summed E-state index contributed by atoms with van der Waals surface area (Å²) in [6.07, 6.45) is 9.20. The van der Waals surface area contributed by atoms with Crippen molar-refractivity contribution in [2.45, 2.75) is 32.2 Å². The van der Waals surface area contributed by atoms with Gasteiger partial charge in [-0.25, -0.2) is 0 Å². The lowest BCUT2D eigenvalue weighted by atomic mass is 10.1. The van der Waals surface area contributed by atoms with Gasteiger partial charge in [0.05, 0.1) is 0 Å². The van der Waals surface area contributed by atoms with E-state index in [2.05, 4.69) is 29.6 Å². The summed E-state index contributed by atoms with van der Waals surface area (Å²) in [7, 11) is 0. The predicted octanol–water partition coefficient (Wildman–Crippen LogP) is 3.30. The molecule has 1 aromatic rings. The van der Waals surface area contributed by atoms with E-state index in [9.17, 15) is 4.79 Å². The molecule has 1 saturated carbocycles. The van der Waals surface area contributed by atoms with E-state index in [-0.39, 0.29) is 11.8 Å². The number of fused-ring (bicyclic) bond motifs is 1. The number of rotatable bonds is 3. The molecule has 2 nitrogen and oxygen atoms in total. The molecule has 0 aromatic heterocycles. The number of carbonyl (C=O) groups excluding carboxylic acids is 1. The smallest absolute Gasteiger partial charge is 0.223 e. The second-order valence-corrected chi connectivity index (χ2v) is 5.68. The van der Waals surface area contributed by atoms with Crippen LogP contribution in [0.25, 0.3) is 0 Å². The monoisotopic (exact) mass is 255 g/mol. The Kier molecular flexibility index (Phi) is 3.67. The molecule has 1 N–H and O–H groups in total. The summed E-state index contributed by atoms with van der Waals surface area (Å²) < 4.78 is 0. The summed E-state index contributed by atoms with van der Waals surface area (Å²) in [4.78, 5) is 12.2. The van der Waals surface area contributed by atoms with Crippen molar-refractivity contribution in [3.63, 3.8) is 0 Å². The Bertz CT molecular complexity index is 449. The van der Waals surface area contributed by atoms with Gasteiger partial charge >= 0.3 is 0 Å². The summed E-state index contributed by atoms with van der Waals surface area (Å²) in [6.45, 7) is 0.661. The Balaban J connectivity index is 1.52. The van der Waals surface area contributed by atoms with E-state index in [1.807, 2.05) is 18.2 Å². The molecule has 1 fully saturated rings. The van der Waals surface area contributed by atoms with Crippen LogP contribution in [0, 0.1) is 17.8 Å². The molecule has 2 aliphatic carbocycles. The van der Waals surface area contributed by atoms with Gasteiger partial charge in [-0.2, -0.15) is 0 Å². The average molecular weight is 255 g/mol. The zero-order valence-corrected chi connectivity index (χ0v) is 11.2. The molecule has 0 aliphatic heterocycles. The number of amides is 1. The molecule has 100 valence electrons. The van der Waals surface area contributed by atoms with Crippen LogP contribution in [0.15, 0.2) is 42.5 Å². The quantitative estimate of drug-likeness (QED) is 0.825. The van der Waals surface area contributed by atoms with Crippen molar-refractivity contribution >= 4 is 5.91 Å². The highest BCUT2D eigenvalue weighted by Gasteiger charge is 2.52. The Morgan fingerprint density at radius 1 is 1.05 bits per heavy atom. The topological polar surface area (TPSA) is 29.1 Å². The maximum absolute atomic E-state index is 12.2. The number of carbonyl (C=O) groups is 1. The largest absolute Gasteiger partial charge is 0.352 e. The van der Waals surface area contributed by atoms with Crippen molar-refractivity contribution in [1.29, 1.82) is 0 Å². The third-order valence-corrected chi connectivity index (χ3v) is 4.44. The number of hydrogen-bond acceptors (Lipinski definition) is 1. The average Bonchev–Trinajstić information content (AvgIpc) is 3.08. The maximum atomic E-state index is 12.2. The highest BCUT2D eigenvalue weighted by Crippen LogP contribution is 2.52. The molecular formula is C17H21NO. The van der Waals surface area contributed by atoms with E-state index < -0.39 is 0 Å². The van der Waals surface area contributed by atoms with Crippen LogP contribution < -0.4 is 5.32 Å². The Morgan fingerprint density at radius 3 is 2.32 bits per heavy atom. The van der Waals surface area contributed by atoms with Crippen LogP contribution in [0.5, 0.6) is 0 Å². The SMILES string of the molecule is O=C(NCc1ccccc1)C1[C@H]2CC/C=C\CC[C@@H]12. The van der Waals surface area contributed by atoms with Gasteiger partial charge in [0.2, 0.25) is 5.91 Å². The van der Waals surface area contributed by atoms with Gasteiger partial charge in [-0.15, -0.1) is 0 Å². The van der Waals surface area contributed by atoms with Gasteiger partial charge in [0.15, 0.2) is 0 Å².